The van der Waals surface area contributed by atoms with E-state index in [4.69, 9.17) is 0 Å². The maximum Gasteiger partial charge on any atom is -1.00 e. The van der Waals surface area contributed by atoms with E-state index in [-0.39, 0.29) is 31.8 Å². The first-order valence-corrected chi connectivity index (χ1v) is 15.8. The van der Waals surface area contributed by atoms with Gasteiger partial charge in [0, 0.05) is 0 Å². The van der Waals surface area contributed by atoms with Crippen molar-refractivity contribution >= 4 is 17.6 Å². The van der Waals surface area contributed by atoms with Gasteiger partial charge in [0.05, 0.1) is 0 Å². The molecule has 23 heavy (non-hydrogen) atoms. The summed E-state index contributed by atoms with van der Waals surface area (Å²) in [6.45, 7) is 4.85. The van der Waals surface area contributed by atoms with Gasteiger partial charge in [-0.15, -0.1) is 0 Å². The number of benzene rings is 2. The van der Waals surface area contributed by atoms with Gasteiger partial charge in [-0.1, -0.05) is 0 Å². The smallest absolute Gasteiger partial charge is 1.00 e. The average Bonchev–Trinajstić information content (AvgIpc) is 2.92. The summed E-state index contributed by atoms with van der Waals surface area (Å²) in [5, 5.41) is 0. The Kier molecular flexibility index (Phi) is 8.28. The fourth-order valence-corrected chi connectivity index (χ4v) is 15.9. The van der Waals surface area contributed by atoms with Crippen LogP contribution in [-0.4, -0.2) is 5.92 Å². The number of halogens is 2. The van der Waals surface area contributed by atoms with Gasteiger partial charge in [-0.3, -0.25) is 0 Å². The van der Waals surface area contributed by atoms with Crippen molar-refractivity contribution in [3.8, 4) is 0 Å². The largest absolute Gasteiger partial charge is 1.00 e. The summed E-state index contributed by atoms with van der Waals surface area (Å²) in [4.78, 5) is 0. The predicted octanol–water partition coefficient (Wildman–Crippen LogP) is -0.864. The Hall–Kier alpha value is -0.860. The topological polar surface area (TPSA) is 0 Å². The van der Waals surface area contributed by atoms with Gasteiger partial charge in [-0.05, 0) is 0 Å². The Morgan fingerprint density at radius 1 is 0.870 bits per heavy atom. The van der Waals surface area contributed by atoms with Gasteiger partial charge in [0.25, 0.3) is 0 Å². The van der Waals surface area contributed by atoms with E-state index in [9.17, 15) is 0 Å². The van der Waals surface area contributed by atoms with Gasteiger partial charge in [0.15, 0.2) is 0 Å². The maximum atomic E-state index is 2.47. The quantitative estimate of drug-likeness (QED) is 0.566. The van der Waals surface area contributed by atoms with Crippen LogP contribution in [0, 0.1) is 0 Å². The van der Waals surface area contributed by atoms with Crippen LogP contribution in [-0.2, 0) is 22.4 Å². The molecule has 1 unspecified atom stereocenters. The maximum absolute atomic E-state index is 2.47. The molecule has 0 aromatic heterocycles. The van der Waals surface area contributed by atoms with Gasteiger partial charge >= 0.3 is 141 Å². The van der Waals surface area contributed by atoms with E-state index in [1.54, 1.807) is 11.1 Å². The number of rotatable bonds is 5. The molecule has 0 saturated carbocycles. The van der Waals surface area contributed by atoms with Gasteiger partial charge in [0.1, 0.15) is 0 Å². The van der Waals surface area contributed by atoms with E-state index in [1.165, 1.54) is 23.2 Å². The molecule has 0 radical (unpaired) electrons. The van der Waals surface area contributed by atoms with Crippen molar-refractivity contribution in [2.75, 3.05) is 0 Å². The Balaban J connectivity index is 0.00000132. The van der Waals surface area contributed by atoms with E-state index in [2.05, 4.69) is 74.5 Å². The van der Waals surface area contributed by atoms with Gasteiger partial charge in [-0.2, -0.15) is 0 Å². The molecule has 0 fully saturated rings. The molecule has 0 aliphatic heterocycles. The molecule has 120 valence electrons. The van der Waals surface area contributed by atoms with Crippen LogP contribution in [0.4, 0.5) is 0 Å². The van der Waals surface area contributed by atoms with Gasteiger partial charge in [0.2, 0.25) is 0 Å². The average molecular weight is 408 g/mol. The molecule has 2 aromatic carbocycles. The molecule has 0 nitrogen and oxygen atoms in total. The summed E-state index contributed by atoms with van der Waals surface area (Å²) in [5.41, 5.74) is 6.16. The van der Waals surface area contributed by atoms with Crippen LogP contribution >= 0.6 is 0 Å². The molecular formula is C19H22F2SiZr. The summed E-state index contributed by atoms with van der Waals surface area (Å²) in [7, 11) is 0. The molecule has 0 heterocycles. The van der Waals surface area contributed by atoms with Crippen molar-refractivity contribution in [1.29, 1.82) is 0 Å². The zero-order chi connectivity index (χ0) is 14.7. The Labute approximate surface area is 149 Å². The molecule has 0 N–H and O–H groups in total. The third-order valence-electron chi connectivity index (χ3n) is 4.42. The minimum atomic E-state index is -0.437. The standard InChI is InChI=1S/C15H11.C4H11Si.2FH.Zr/c1-2-6-12(7-3-1)15-10-13-8-4-5-9-14(13)11-15;1-3-5-4-2;;;/h1-11H;5H,3-4H2,1-2H3;2*1H;/q;;;;+2/p-2. The van der Waals surface area contributed by atoms with Crippen molar-refractivity contribution in [2.24, 2.45) is 0 Å². The monoisotopic (exact) mass is 406 g/mol. The van der Waals surface area contributed by atoms with Crippen LogP contribution in [0.1, 0.15) is 34.2 Å². The van der Waals surface area contributed by atoms with Crippen LogP contribution in [0.15, 0.2) is 54.6 Å². The van der Waals surface area contributed by atoms with E-state index in [0.29, 0.717) is 0 Å². The Morgan fingerprint density at radius 2 is 1.48 bits per heavy atom. The number of hydrogen-bond donors (Lipinski definition) is 0. The van der Waals surface area contributed by atoms with E-state index in [1.807, 2.05) is 0 Å². The van der Waals surface area contributed by atoms with Crippen LogP contribution in [0.5, 0.6) is 0 Å². The van der Waals surface area contributed by atoms with E-state index in [0.717, 1.165) is 3.63 Å². The summed E-state index contributed by atoms with van der Waals surface area (Å²) in [5.74, 6) is -0.437. The minimum Gasteiger partial charge on any atom is -1.00 e. The summed E-state index contributed by atoms with van der Waals surface area (Å²) < 4.78 is 0.795. The third-order valence-corrected chi connectivity index (χ3v) is 20.7. The molecule has 1 atom stereocenters. The molecular weight excluding hydrogens is 386 g/mol. The first kappa shape index (κ1) is 20.2. The van der Waals surface area contributed by atoms with Crippen molar-refractivity contribution in [2.45, 2.75) is 29.6 Å². The molecule has 0 amide bonds. The second-order valence-corrected chi connectivity index (χ2v) is 19.0. The number of fused-ring (bicyclic) bond motifs is 1. The summed E-state index contributed by atoms with van der Waals surface area (Å²) >= 11 is -0.349. The van der Waals surface area contributed by atoms with E-state index >= 15 is 0 Å². The predicted molar refractivity (Wildman–Crippen MR) is 91.6 cm³/mol. The number of allylic oxidation sites excluding steroid dienone is 1. The van der Waals surface area contributed by atoms with Crippen molar-refractivity contribution in [3.05, 3.63) is 71.3 Å². The van der Waals surface area contributed by atoms with Gasteiger partial charge < -0.3 is 9.41 Å². The normalized spacial score (nSPS) is 15.1. The van der Waals surface area contributed by atoms with Crippen LogP contribution in [0.3, 0.4) is 0 Å². The summed E-state index contributed by atoms with van der Waals surface area (Å²) in [6, 6.07) is 23.1. The van der Waals surface area contributed by atoms with E-state index < -0.39 is 5.92 Å². The fraction of sp³-hybridized carbons (Fsp3) is 0.263. The second kappa shape index (κ2) is 9.44. The van der Waals surface area contributed by atoms with Crippen LogP contribution in [0.25, 0.3) is 11.6 Å². The van der Waals surface area contributed by atoms with Crippen LogP contribution < -0.4 is 9.41 Å². The van der Waals surface area contributed by atoms with Crippen molar-refractivity contribution in [3.63, 3.8) is 0 Å². The first-order chi connectivity index (χ1) is 10.3. The Bertz CT molecular complexity index is 639. The zero-order valence-corrected chi connectivity index (χ0v) is 17.2. The number of hydrogen-bond acceptors (Lipinski definition) is 0. The molecule has 4 heteroatoms. The molecule has 2 aromatic rings. The SMILES string of the molecule is CC[SiH](CC)[Zr+2][CH]1C(c2ccccc2)=Cc2ccccc21.[F-].[F-]. The molecule has 0 bridgehead atoms. The van der Waals surface area contributed by atoms with Gasteiger partial charge in [-0.25, -0.2) is 0 Å². The Morgan fingerprint density at radius 3 is 2.13 bits per heavy atom. The zero-order valence-electron chi connectivity index (χ0n) is 13.6. The van der Waals surface area contributed by atoms with Crippen LogP contribution in [0.2, 0.25) is 12.1 Å². The second-order valence-electron chi connectivity index (χ2n) is 5.71. The molecule has 1 aliphatic rings. The van der Waals surface area contributed by atoms with Crippen molar-refractivity contribution < 1.29 is 31.8 Å². The fourth-order valence-electron chi connectivity index (χ4n) is 3.14. The molecule has 1 aliphatic carbocycles. The van der Waals surface area contributed by atoms with Crippen molar-refractivity contribution in [1.82, 2.24) is 0 Å². The first-order valence-electron chi connectivity index (χ1n) is 7.95. The summed E-state index contributed by atoms with van der Waals surface area (Å²) in [6.07, 6.45) is 2.47. The molecule has 0 saturated heterocycles. The molecule has 3 rings (SSSR count). The molecule has 0 spiro atoms. The minimum absolute atomic E-state index is 0. The third kappa shape index (κ3) is 4.36.